The van der Waals surface area contributed by atoms with Crippen LogP contribution in [0.1, 0.15) is 18.7 Å². The van der Waals surface area contributed by atoms with Crippen LogP contribution < -0.4 is 11.2 Å². The van der Waals surface area contributed by atoms with Gasteiger partial charge >= 0.3 is 11.7 Å². The first-order valence-corrected chi connectivity index (χ1v) is 8.40. The number of aromatic nitrogens is 2. The first-order chi connectivity index (χ1) is 13.0. The van der Waals surface area contributed by atoms with E-state index < -0.39 is 48.4 Å². The van der Waals surface area contributed by atoms with E-state index in [9.17, 15) is 19.5 Å². The molecule has 4 atom stereocenters. The molecule has 0 spiro atoms. The summed E-state index contributed by atoms with van der Waals surface area (Å²) in [7, 11) is 0. The lowest BCUT2D eigenvalue weighted by atomic mass is 10.1. The Morgan fingerprint density at radius 2 is 1.96 bits per heavy atom. The maximum absolute atomic E-state index is 12.1. The number of rotatable bonds is 6. The first-order valence-electron chi connectivity index (χ1n) is 8.40. The Kier molecular flexibility index (Phi) is 5.84. The quantitative estimate of drug-likeness (QED) is 0.678. The third-order valence-corrected chi connectivity index (χ3v) is 4.18. The minimum atomic E-state index is -1.05. The zero-order valence-corrected chi connectivity index (χ0v) is 14.6. The van der Waals surface area contributed by atoms with Gasteiger partial charge in [0.2, 0.25) is 0 Å². The number of nitrogens with one attached hydrogen (secondary N) is 1. The van der Waals surface area contributed by atoms with Gasteiger partial charge in [-0.25, -0.2) is 4.79 Å². The lowest BCUT2D eigenvalue weighted by Crippen LogP contribution is -2.41. The highest BCUT2D eigenvalue weighted by Gasteiger charge is 2.48. The molecule has 2 aromatic rings. The summed E-state index contributed by atoms with van der Waals surface area (Å²) in [5, 5.41) is 9.67. The molecule has 1 aromatic heterocycles. The van der Waals surface area contributed by atoms with Gasteiger partial charge in [0.05, 0.1) is 13.2 Å². The van der Waals surface area contributed by atoms with Crippen molar-refractivity contribution in [1.82, 2.24) is 9.55 Å². The van der Waals surface area contributed by atoms with Crippen molar-refractivity contribution >= 4 is 5.97 Å². The molecule has 27 heavy (non-hydrogen) atoms. The summed E-state index contributed by atoms with van der Waals surface area (Å²) < 4.78 is 18.0. The molecule has 0 bridgehead atoms. The number of H-pyrrole nitrogens is 1. The molecule has 0 radical (unpaired) electrons. The van der Waals surface area contributed by atoms with E-state index in [1.54, 1.807) is 0 Å². The minimum Gasteiger partial charge on any atom is -0.455 e. The highest BCUT2D eigenvalue weighted by Crippen LogP contribution is 2.33. The summed E-state index contributed by atoms with van der Waals surface area (Å²) in [6, 6.07) is 10.5. The Balaban J connectivity index is 1.88. The van der Waals surface area contributed by atoms with Crippen LogP contribution in [0.2, 0.25) is 0 Å². The lowest BCUT2D eigenvalue weighted by Gasteiger charge is -2.24. The molecule has 1 aliphatic heterocycles. The molecule has 144 valence electrons. The zero-order valence-electron chi connectivity index (χ0n) is 14.6. The maximum Gasteiger partial charge on any atom is 0.330 e. The van der Waals surface area contributed by atoms with Gasteiger partial charge in [0.1, 0.15) is 12.2 Å². The molecule has 0 saturated carbocycles. The van der Waals surface area contributed by atoms with Crippen LogP contribution >= 0.6 is 0 Å². The molecule has 1 fully saturated rings. The Morgan fingerprint density at radius 3 is 2.59 bits per heavy atom. The Morgan fingerprint density at radius 1 is 1.22 bits per heavy atom. The number of hydrogen-bond acceptors (Lipinski definition) is 7. The zero-order chi connectivity index (χ0) is 19.4. The van der Waals surface area contributed by atoms with Crippen LogP contribution in [0.25, 0.3) is 0 Å². The van der Waals surface area contributed by atoms with Gasteiger partial charge in [-0.1, -0.05) is 30.3 Å². The SMILES string of the molecule is CC(=O)O[C@@H]1[C@H](OCc2ccccc2)[C@@H](CO)O[C@H]1n1ccc(=O)[nH]c1=O. The number of aromatic amines is 1. The van der Waals surface area contributed by atoms with Gasteiger partial charge < -0.3 is 19.3 Å². The molecular weight excluding hydrogens is 356 g/mol. The molecule has 2 N–H and O–H groups in total. The van der Waals surface area contributed by atoms with Crippen LogP contribution in [0, 0.1) is 0 Å². The monoisotopic (exact) mass is 376 g/mol. The summed E-state index contributed by atoms with van der Waals surface area (Å²) in [4.78, 5) is 37.1. The van der Waals surface area contributed by atoms with Crippen LogP contribution in [-0.4, -0.2) is 45.5 Å². The normalized spacial score (nSPS) is 24.7. The summed E-state index contributed by atoms with van der Waals surface area (Å²) in [6.07, 6.45) is -2.40. The third-order valence-electron chi connectivity index (χ3n) is 4.18. The van der Waals surface area contributed by atoms with E-state index in [0.29, 0.717) is 0 Å². The summed E-state index contributed by atoms with van der Waals surface area (Å²) in [6.45, 7) is 1.04. The van der Waals surface area contributed by atoms with Crippen molar-refractivity contribution in [3.8, 4) is 0 Å². The van der Waals surface area contributed by atoms with E-state index in [1.807, 2.05) is 30.3 Å². The van der Waals surface area contributed by atoms with Crippen molar-refractivity contribution in [1.29, 1.82) is 0 Å². The van der Waals surface area contributed by atoms with Gasteiger partial charge in [-0.3, -0.25) is 19.1 Å². The van der Waals surface area contributed by atoms with Gasteiger partial charge in [-0.05, 0) is 5.56 Å². The smallest absolute Gasteiger partial charge is 0.330 e. The summed E-state index contributed by atoms with van der Waals surface area (Å²) >= 11 is 0. The fourth-order valence-electron chi connectivity index (χ4n) is 2.99. The maximum atomic E-state index is 12.1. The van der Waals surface area contributed by atoms with Crippen LogP contribution in [-0.2, 0) is 25.6 Å². The van der Waals surface area contributed by atoms with Gasteiger partial charge in [-0.15, -0.1) is 0 Å². The van der Waals surface area contributed by atoms with Gasteiger partial charge in [0.25, 0.3) is 5.56 Å². The van der Waals surface area contributed by atoms with Crippen molar-refractivity contribution in [3.63, 3.8) is 0 Å². The van der Waals surface area contributed by atoms with E-state index in [2.05, 4.69) is 4.98 Å². The number of esters is 1. The average Bonchev–Trinajstić information content (AvgIpc) is 2.97. The second-order valence-corrected chi connectivity index (χ2v) is 6.10. The third kappa shape index (κ3) is 4.33. The number of nitrogens with zero attached hydrogens (tertiary/aromatic N) is 1. The Labute approximate surface area is 154 Å². The summed E-state index contributed by atoms with van der Waals surface area (Å²) in [5.41, 5.74) is -0.389. The number of ether oxygens (including phenoxy) is 3. The van der Waals surface area contributed by atoms with Gasteiger partial charge in [-0.2, -0.15) is 0 Å². The number of carbonyl (C=O) groups excluding carboxylic acids is 1. The number of carbonyl (C=O) groups is 1. The summed E-state index contributed by atoms with van der Waals surface area (Å²) in [5.74, 6) is -0.585. The van der Waals surface area contributed by atoms with Crippen LogP contribution in [0.4, 0.5) is 0 Å². The van der Waals surface area contributed by atoms with Crippen molar-refractivity contribution in [3.05, 3.63) is 69.0 Å². The topological polar surface area (TPSA) is 120 Å². The largest absolute Gasteiger partial charge is 0.455 e. The van der Waals surface area contributed by atoms with E-state index in [0.717, 1.165) is 16.2 Å². The molecule has 1 saturated heterocycles. The fraction of sp³-hybridized carbons (Fsp3) is 0.389. The molecule has 1 aromatic carbocycles. The molecule has 9 heteroatoms. The van der Waals surface area contributed by atoms with E-state index >= 15 is 0 Å². The number of aliphatic hydroxyl groups is 1. The molecular formula is C18H20N2O7. The van der Waals surface area contributed by atoms with E-state index in [1.165, 1.54) is 13.1 Å². The van der Waals surface area contributed by atoms with Gasteiger partial charge in [0.15, 0.2) is 12.3 Å². The van der Waals surface area contributed by atoms with E-state index in [-0.39, 0.29) is 6.61 Å². The van der Waals surface area contributed by atoms with Crippen LogP contribution in [0.5, 0.6) is 0 Å². The standard InChI is InChI=1S/C18H20N2O7/c1-11(22)26-16-15(25-10-12-5-3-2-4-6-12)13(9-21)27-17(16)20-8-7-14(23)19-18(20)24/h2-8,13,15-17,21H,9-10H2,1H3,(H,19,23,24)/t13-,15-,16-,17-/m1/s1. The van der Waals surface area contributed by atoms with Crippen molar-refractivity contribution in [2.45, 2.75) is 38.1 Å². The van der Waals surface area contributed by atoms with Crippen LogP contribution in [0.3, 0.4) is 0 Å². The average molecular weight is 376 g/mol. The second kappa shape index (κ2) is 8.30. The number of aliphatic hydroxyl groups excluding tert-OH is 1. The highest BCUT2D eigenvalue weighted by atomic mass is 16.6. The molecule has 0 amide bonds. The minimum absolute atomic E-state index is 0.205. The number of benzene rings is 1. The Bertz CT molecular complexity index is 892. The molecule has 0 aliphatic carbocycles. The molecule has 9 nitrogen and oxygen atoms in total. The molecule has 1 aliphatic rings. The highest BCUT2D eigenvalue weighted by molar-refractivity contribution is 5.66. The van der Waals surface area contributed by atoms with Gasteiger partial charge in [0, 0.05) is 19.2 Å². The fourth-order valence-corrected chi connectivity index (χ4v) is 2.99. The molecule has 2 heterocycles. The lowest BCUT2D eigenvalue weighted by molar-refractivity contribution is -0.158. The predicted octanol–water partition coefficient (Wildman–Crippen LogP) is -0.0566. The van der Waals surface area contributed by atoms with Crippen molar-refractivity contribution < 1.29 is 24.1 Å². The van der Waals surface area contributed by atoms with Crippen molar-refractivity contribution in [2.24, 2.45) is 0 Å². The Hall–Kier alpha value is -2.75. The van der Waals surface area contributed by atoms with E-state index in [4.69, 9.17) is 14.2 Å². The predicted molar refractivity (Wildman–Crippen MR) is 92.9 cm³/mol. The molecule has 3 rings (SSSR count). The molecule has 0 unspecified atom stereocenters. The van der Waals surface area contributed by atoms with Crippen molar-refractivity contribution in [2.75, 3.05) is 6.61 Å². The first kappa shape index (κ1) is 19.0. The number of hydrogen-bond donors (Lipinski definition) is 2. The van der Waals surface area contributed by atoms with Crippen LogP contribution in [0.15, 0.2) is 52.2 Å². The second-order valence-electron chi connectivity index (χ2n) is 6.10.